The van der Waals surface area contributed by atoms with Crippen molar-refractivity contribution in [2.24, 2.45) is 0 Å². The smallest absolute Gasteiger partial charge is 0.272 e. The van der Waals surface area contributed by atoms with Gasteiger partial charge in [0, 0.05) is 43.5 Å². The Bertz CT molecular complexity index is 1260. The third kappa shape index (κ3) is 4.35. The number of nitrogens with zero attached hydrogens (tertiary/aromatic N) is 3. The molecule has 0 spiro atoms. The van der Waals surface area contributed by atoms with Crippen LogP contribution in [0.3, 0.4) is 0 Å². The second-order valence-corrected chi connectivity index (χ2v) is 7.72. The van der Waals surface area contributed by atoms with E-state index in [4.69, 9.17) is 0 Å². The molecule has 1 amide bonds. The Balaban J connectivity index is 1.68. The van der Waals surface area contributed by atoms with Gasteiger partial charge in [-0.15, -0.1) is 5.92 Å². The summed E-state index contributed by atoms with van der Waals surface area (Å²) in [5.74, 6) is 5.00. The Morgan fingerprint density at radius 1 is 1.13 bits per heavy atom. The number of amides is 1. The van der Waals surface area contributed by atoms with Crippen LogP contribution < -0.4 is 5.56 Å². The van der Waals surface area contributed by atoms with E-state index in [0.717, 1.165) is 24.2 Å². The van der Waals surface area contributed by atoms with Crippen LogP contribution in [0.25, 0.3) is 10.8 Å². The van der Waals surface area contributed by atoms with Crippen LogP contribution in [-0.2, 0) is 6.42 Å². The summed E-state index contributed by atoms with van der Waals surface area (Å²) in [5.41, 5.74) is 1.95. The third-order valence-corrected chi connectivity index (χ3v) is 5.56. The second-order valence-electron chi connectivity index (χ2n) is 7.72. The first kappa shape index (κ1) is 20.8. The summed E-state index contributed by atoms with van der Waals surface area (Å²) < 4.78 is 14.5. The summed E-state index contributed by atoms with van der Waals surface area (Å²) in [6, 6.07) is 9.91. The number of piperazine rings is 1. The molecule has 2 aromatic carbocycles. The maximum Gasteiger partial charge on any atom is 0.272 e. The number of likely N-dealkylation sites (N-methyl/N-ethyl adjacent to an activating group) is 1. The average Bonchev–Trinajstić information content (AvgIpc) is 2.77. The SMILES string of the molecule is CC#Cc1ccc2c(=O)[nH]nc(Cc3ccc(F)c(C(=O)N4CCN(C)CC4)c3)c2c1. The molecule has 0 bridgehead atoms. The fraction of sp³-hybridized carbons (Fsp3) is 0.292. The maximum atomic E-state index is 14.5. The molecule has 1 N–H and O–H groups in total. The zero-order chi connectivity index (χ0) is 22.0. The first-order valence-corrected chi connectivity index (χ1v) is 10.2. The van der Waals surface area contributed by atoms with Crippen molar-refractivity contribution in [1.82, 2.24) is 20.0 Å². The van der Waals surface area contributed by atoms with Crippen molar-refractivity contribution in [3.8, 4) is 11.8 Å². The number of hydrogen-bond donors (Lipinski definition) is 1. The quantitative estimate of drug-likeness (QED) is 0.664. The van der Waals surface area contributed by atoms with Crippen molar-refractivity contribution in [1.29, 1.82) is 0 Å². The monoisotopic (exact) mass is 418 g/mol. The topological polar surface area (TPSA) is 69.3 Å². The van der Waals surface area contributed by atoms with Gasteiger partial charge in [0.25, 0.3) is 11.5 Å². The van der Waals surface area contributed by atoms with Gasteiger partial charge in [-0.1, -0.05) is 12.0 Å². The lowest BCUT2D eigenvalue weighted by molar-refractivity contribution is 0.0659. The van der Waals surface area contributed by atoms with Crippen LogP contribution in [0.15, 0.2) is 41.2 Å². The van der Waals surface area contributed by atoms with Crippen LogP contribution in [0.4, 0.5) is 4.39 Å². The molecule has 1 saturated heterocycles. The van der Waals surface area contributed by atoms with Gasteiger partial charge in [0.05, 0.1) is 16.6 Å². The number of nitrogens with one attached hydrogen (secondary N) is 1. The summed E-state index contributed by atoms with van der Waals surface area (Å²) in [7, 11) is 2.00. The predicted octanol–water partition coefficient (Wildman–Crippen LogP) is 2.41. The molecule has 0 unspecified atom stereocenters. The van der Waals surface area contributed by atoms with E-state index in [9.17, 15) is 14.0 Å². The van der Waals surface area contributed by atoms with E-state index in [1.807, 2.05) is 13.1 Å². The number of aromatic amines is 1. The Labute approximate surface area is 179 Å². The minimum absolute atomic E-state index is 0.0633. The maximum absolute atomic E-state index is 14.5. The highest BCUT2D eigenvalue weighted by atomic mass is 19.1. The molecule has 2 heterocycles. The van der Waals surface area contributed by atoms with Crippen LogP contribution in [0.5, 0.6) is 0 Å². The first-order valence-electron chi connectivity index (χ1n) is 10.2. The molecule has 6 nitrogen and oxygen atoms in total. The van der Waals surface area contributed by atoms with Crippen molar-refractivity contribution in [2.45, 2.75) is 13.3 Å². The Kier molecular flexibility index (Phi) is 5.83. The Morgan fingerprint density at radius 3 is 2.65 bits per heavy atom. The molecule has 4 rings (SSSR count). The molecule has 0 radical (unpaired) electrons. The summed E-state index contributed by atoms with van der Waals surface area (Å²) in [6.45, 7) is 4.43. The minimum atomic E-state index is -0.535. The normalized spacial score (nSPS) is 14.4. The number of H-pyrrole nitrogens is 1. The molecule has 0 atom stereocenters. The molecule has 1 aliphatic heterocycles. The molecular formula is C24H23FN4O2. The van der Waals surface area contributed by atoms with E-state index in [1.165, 1.54) is 6.07 Å². The van der Waals surface area contributed by atoms with Crippen molar-refractivity contribution in [2.75, 3.05) is 33.2 Å². The van der Waals surface area contributed by atoms with Gasteiger partial charge in [0.1, 0.15) is 5.82 Å². The summed E-state index contributed by atoms with van der Waals surface area (Å²) in [6.07, 6.45) is 0.347. The molecule has 1 aliphatic rings. The molecule has 0 aliphatic carbocycles. The van der Waals surface area contributed by atoms with E-state index >= 15 is 0 Å². The molecule has 3 aromatic rings. The van der Waals surface area contributed by atoms with Gasteiger partial charge >= 0.3 is 0 Å². The molecule has 31 heavy (non-hydrogen) atoms. The zero-order valence-electron chi connectivity index (χ0n) is 17.5. The van der Waals surface area contributed by atoms with E-state index in [0.29, 0.717) is 36.0 Å². The van der Waals surface area contributed by atoms with Crippen molar-refractivity contribution >= 4 is 16.7 Å². The lowest BCUT2D eigenvalue weighted by Gasteiger charge is -2.32. The lowest BCUT2D eigenvalue weighted by Crippen LogP contribution is -2.47. The van der Waals surface area contributed by atoms with Crippen LogP contribution >= 0.6 is 0 Å². The zero-order valence-corrected chi connectivity index (χ0v) is 17.5. The van der Waals surface area contributed by atoms with Crippen molar-refractivity contribution < 1.29 is 9.18 Å². The van der Waals surface area contributed by atoms with Crippen LogP contribution in [0.1, 0.15) is 34.1 Å². The highest BCUT2D eigenvalue weighted by molar-refractivity contribution is 5.95. The van der Waals surface area contributed by atoms with E-state index in [-0.39, 0.29) is 17.0 Å². The van der Waals surface area contributed by atoms with Gasteiger partial charge in [-0.25, -0.2) is 9.49 Å². The van der Waals surface area contributed by atoms with Gasteiger partial charge in [0.15, 0.2) is 0 Å². The molecule has 7 heteroatoms. The van der Waals surface area contributed by atoms with Gasteiger partial charge in [-0.05, 0) is 49.9 Å². The number of halogens is 1. The summed E-state index contributed by atoms with van der Waals surface area (Å²) in [5, 5.41) is 7.95. The van der Waals surface area contributed by atoms with E-state index in [1.54, 1.807) is 36.1 Å². The van der Waals surface area contributed by atoms with Gasteiger partial charge < -0.3 is 9.80 Å². The summed E-state index contributed by atoms with van der Waals surface area (Å²) >= 11 is 0. The van der Waals surface area contributed by atoms with Crippen LogP contribution in [0.2, 0.25) is 0 Å². The molecule has 1 aromatic heterocycles. The number of carbonyl (C=O) groups excluding carboxylic acids is 1. The van der Waals surface area contributed by atoms with Gasteiger partial charge in [-0.2, -0.15) is 5.10 Å². The highest BCUT2D eigenvalue weighted by Gasteiger charge is 2.23. The number of carbonyl (C=O) groups is 1. The first-order chi connectivity index (χ1) is 15.0. The lowest BCUT2D eigenvalue weighted by atomic mass is 10.0. The molecule has 0 saturated carbocycles. The van der Waals surface area contributed by atoms with Crippen molar-refractivity contribution in [3.63, 3.8) is 0 Å². The molecular weight excluding hydrogens is 395 g/mol. The third-order valence-electron chi connectivity index (χ3n) is 5.56. The van der Waals surface area contributed by atoms with Gasteiger partial charge in [0.2, 0.25) is 0 Å². The number of rotatable bonds is 3. The molecule has 1 fully saturated rings. The van der Waals surface area contributed by atoms with Gasteiger partial charge in [-0.3, -0.25) is 9.59 Å². The minimum Gasteiger partial charge on any atom is -0.336 e. The Hall–Kier alpha value is -3.50. The number of fused-ring (bicyclic) bond motifs is 1. The number of benzene rings is 2. The second kappa shape index (κ2) is 8.70. The van der Waals surface area contributed by atoms with E-state index < -0.39 is 5.82 Å². The van der Waals surface area contributed by atoms with E-state index in [2.05, 4.69) is 26.9 Å². The van der Waals surface area contributed by atoms with Crippen LogP contribution in [-0.4, -0.2) is 59.1 Å². The largest absolute Gasteiger partial charge is 0.336 e. The fourth-order valence-electron chi connectivity index (χ4n) is 3.80. The van der Waals surface area contributed by atoms with Crippen molar-refractivity contribution in [3.05, 3.63) is 75.0 Å². The molecule has 158 valence electrons. The standard InChI is InChI=1S/C24H23FN4O2/c1-3-4-16-5-7-18-19(13-16)22(26-27-23(18)30)15-17-6-8-21(25)20(14-17)24(31)29-11-9-28(2)10-12-29/h5-8,13-14H,9-12,15H2,1-2H3,(H,27,30). The number of hydrogen-bond acceptors (Lipinski definition) is 4. The van der Waals surface area contributed by atoms with Crippen LogP contribution in [0, 0.1) is 17.7 Å². The highest BCUT2D eigenvalue weighted by Crippen LogP contribution is 2.21. The Morgan fingerprint density at radius 2 is 1.90 bits per heavy atom. The number of aromatic nitrogens is 2. The summed E-state index contributed by atoms with van der Waals surface area (Å²) in [4.78, 5) is 28.9. The fourth-order valence-corrected chi connectivity index (χ4v) is 3.80. The predicted molar refractivity (Wildman–Crippen MR) is 118 cm³/mol. The average molecular weight is 418 g/mol.